The van der Waals surface area contributed by atoms with E-state index in [0.29, 0.717) is 13.2 Å². The number of ether oxygens (including phenoxy) is 2. The second kappa shape index (κ2) is 6.09. The first-order chi connectivity index (χ1) is 9.13. The van der Waals surface area contributed by atoms with Crippen LogP contribution in [0.1, 0.15) is 11.4 Å². The number of hydrogen-bond donors (Lipinski definition) is 1. The van der Waals surface area contributed by atoms with Crippen molar-refractivity contribution in [2.45, 2.75) is 13.8 Å². The van der Waals surface area contributed by atoms with Gasteiger partial charge in [0.2, 0.25) is 0 Å². The molecule has 0 saturated carbocycles. The van der Waals surface area contributed by atoms with Gasteiger partial charge < -0.3 is 15.2 Å². The summed E-state index contributed by atoms with van der Waals surface area (Å²) in [4.78, 5) is 4.30. The number of nitrogens with two attached hydrogens (primary N) is 1. The van der Waals surface area contributed by atoms with Crippen molar-refractivity contribution in [3.05, 3.63) is 47.8 Å². The zero-order valence-corrected chi connectivity index (χ0v) is 11.2. The van der Waals surface area contributed by atoms with Gasteiger partial charge in [0.1, 0.15) is 24.7 Å². The molecule has 19 heavy (non-hydrogen) atoms. The number of nitrogen functional groups attached to an aromatic ring is 1. The van der Waals surface area contributed by atoms with Crippen molar-refractivity contribution in [1.82, 2.24) is 4.98 Å². The molecule has 4 nitrogen and oxygen atoms in total. The Kier molecular flexibility index (Phi) is 4.23. The lowest BCUT2D eigenvalue weighted by Crippen LogP contribution is -2.09. The molecule has 0 aliphatic carbocycles. The van der Waals surface area contributed by atoms with Gasteiger partial charge in [-0.25, -0.2) is 0 Å². The normalized spacial score (nSPS) is 10.2. The number of rotatable bonds is 5. The fourth-order valence-electron chi connectivity index (χ4n) is 1.76. The molecule has 4 heteroatoms. The zero-order chi connectivity index (χ0) is 13.7. The summed E-state index contributed by atoms with van der Waals surface area (Å²) < 4.78 is 11.2. The Balaban J connectivity index is 1.79. The molecule has 0 bridgehead atoms. The van der Waals surface area contributed by atoms with E-state index in [1.807, 2.05) is 50.2 Å². The molecule has 0 amide bonds. The molecule has 0 saturated heterocycles. The largest absolute Gasteiger partial charge is 0.490 e. The number of nitrogens with zero attached hydrogens (tertiary/aromatic N) is 1. The summed E-state index contributed by atoms with van der Waals surface area (Å²) >= 11 is 0. The Morgan fingerprint density at radius 2 is 1.42 bits per heavy atom. The van der Waals surface area contributed by atoms with Gasteiger partial charge in [0.15, 0.2) is 0 Å². The number of aryl methyl sites for hydroxylation is 2. The third kappa shape index (κ3) is 4.17. The third-order valence-corrected chi connectivity index (χ3v) is 2.56. The van der Waals surface area contributed by atoms with Crippen molar-refractivity contribution in [1.29, 1.82) is 0 Å². The zero-order valence-electron chi connectivity index (χ0n) is 11.2. The fourth-order valence-corrected chi connectivity index (χ4v) is 1.76. The summed E-state index contributed by atoms with van der Waals surface area (Å²) in [5.74, 6) is 1.62. The van der Waals surface area contributed by atoms with Gasteiger partial charge in [-0.1, -0.05) is 0 Å². The van der Waals surface area contributed by atoms with E-state index in [9.17, 15) is 0 Å². The number of aromatic nitrogens is 1. The molecule has 0 aliphatic rings. The monoisotopic (exact) mass is 258 g/mol. The minimum Gasteiger partial charge on any atom is -0.490 e. The molecular formula is C15H18N2O2. The van der Waals surface area contributed by atoms with E-state index in [1.165, 1.54) is 0 Å². The summed E-state index contributed by atoms with van der Waals surface area (Å²) in [6.07, 6.45) is 0. The molecule has 0 atom stereocenters. The fraction of sp³-hybridized carbons (Fsp3) is 0.267. The van der Waals surface area contributed by atoms with Crippen LogP contribution >= 0.6 is 0 Å². The van der Waals surface area contributed by atoms with Gasteiger partial charge in [0.05, 0.1) is 0 Å². The average molecular weight is 258 g/mol. The SMILES string of the molecule is Cc1cc(OCCOc2ccc(N)cc2)cc(C)n1. The summed E-state index contributed by atoms with van der Waals surface area (Å²) in [5.41, 5.74) is 8.23. The van der Waals surface area contributed by atoms with E-state index in [4.69, 9.17) is 15.2 Å². The number of benzene rings is 1. The Morgan fingerprint density at radius 3 is 2.00 bits per heavy atom. The number of pyridine rings is 1. The smallest absolute Gasteiger partial charge is 0.123 e. The van der Waals surface area contributed by atoms with Crippen LogP contribution in [-0.2, 0) is 0 Å². The van der Waals surface area contributed by atoms with Gasteiger partial charge in [0.25, 0.3) is 0 Å². The van der Waals surface area contributed by atoms with Crippen LogP contribution in [0.5, 0.6) is 11.5 Å². The third-order valence-electron chi connectivity index (χ3n) is 2.56. The van der Waals surface area contributed by atoms with Gasteiger partial charge in [-0.05, 0) is 38.1 Å². The number of hydrogen-bond acceptors (Lipinski definition) is 4. The van der Waals surface area contributed by atoms with Gasteiger partial charge in [-0.3, -0.25) is 4.98 Å². The first-order valence-corrected chi connectivity index (χ1v) is 6.20. The maximum atomic E-state index is 5.62. The van der Waals surface area contributed by atoms with Crippen LogP contribution in [0.3, 0.4) is 0 Å². The average Bonchev–Trinajstić information content (AvgIpc) is 2.36. The van der Waals surface area contributed by atoms with Crippen molar-refractivity contribution < 1.29 is 9.47 Å². The predicted octanol–water partition coefficient (Wildman–Crippen LogP) is 2.74. The first-order valence-electron chi connectivity index (χ1n) is 6.20. The maximum Gasteiger partial charge on any atom is 0.123 e. The van der Waals surface area contributed by atoms with Crippen LogP contribution in [0.15, 0.2) is 36.4 Å². The van der Waals surface area contributed by atoms with E-state index < -0.39 is 0 Å². The molecule has 1 aromatic carbocycles. The van der Waals surface area contributed by atoms with Gasteiger partial charge in [-0.15, -0.1) is 0 Å². The Bertz CT molecular complexity index is 518. The van der Waals surface area contributed by atoms with Gasteiger partial charge in [-0.2, -0.15) is 0 Å². The minimum absolute atomic E-state index is 0.490. The molecule has 2 aromatic rings. The lowest BCUT2D eigenvalue weighted by molar-refractivity contribution is 0.217. The molecule has 0 spiro atoms. The first kappa shape index (κ1) is 13.2. The van der Waals surface area contributed by atoms with Crippen molar-refractivity contribution in [2.24, 2.45) is 0 Å². The van der Waals surface area contributed by atoms with E-state index in [-0.39, 0.29) is 0 Å². The topological polar surface area (TPSA) is 57.4 Å². The molecule has 1 aromatic heterocycles. The molecule has 0 unspecified atom stereocenters. The Morgan fingerprint density at radius 1 is 0.895 bits per heavy atom. The highest BCUT2D eigenvalue weighted by Crippen LogP contribution is 2.15. The van der Waals surface area contributed by atoms with Crippen molar-refractivity contribution in [2.75, 3.05) is 18.9 Å². The molecule has 2 N–H and O–H groups in total. The van der Waals surface area contributed by atoms with E-state index in [0.717, 1.165) is 28.6 Å². The van der Waals surface area contributed by atoms with Crippen LogP contribution in [0.2, 0.25) is 0 Å². The highest BCUT2D eigenvalue weighted by molar-refractivity contribution is 5.41. The molecule has 0 aliphatic heterocycles. The highest BCUT2D eigenvalue weighted by atomic mass is 16.5. The van der Waals surface area contributed by atoms with Crippen LogP contribution < -0.4 is 15.2 Å². The van der Waals surface area contributed by atoms with Gasteiger partial charge >= 0.3 is 0 Å². The Labute approximate surface area is 113 Å². The second-order valence-electron chi connectivity index (χ2n) is 4.35. The molecule has 0 radical (unpaired) electrons. The summed E-state index contributed by atoms with van der Waals surface area (Å²) in [7, 11) is 0. The maximum absolute atomic E-state index is 5.62. The summed E-state index contributed by atoms with van der Waals surface area (Å²) in [6, 6.07) is 11.1. The Hall–Kier alpha value is -2.23. The van der Waals surface area contributed by atoms with E-state index in [2.05, 4.69) is 4.98 Å². The molecular weight excluding hydrogens is 240 g/mol. The summed E-state index contributed by atoms with van der Waals surface area (Å²) in [6.45, 7) is 4.88. The van der Waals surface area contributed by atoms with Crippen molar-refractivity contribution in [3.8, 4) is 11.5 Å². The predicted molar refractivity (Wildman–Crippen MR) is 75.6 cm³/mol. The lowest BCUT2D eigenvalue weighted by Gasteiger charge is -2.09. The van der Waals surface area contributed by atoms with E-state index in [1.54, 1.807) is 0 Å². The highest BCUT2D eigenvalue weighted by Gasteiger charge is 1.99. The van der Waals surface area contributed by atoms with Crippen LogP contribution in [-0.4, -0.2) is 18.2 Å². The van der Waals surface area contributed by atoms with Crippen LogP contribution in [0.25, 0.3) is 0 Å². The quantitative estimate of drug-likeness (QED) is 0.661. The second-order valence-corrected chi connectivity index (χ2v) is 4.35. The van der Waals surface area contributed by atoms with Crippen molar-refractivity contribution in [3.63, 3.8) is 0 Å². The standard InChI is InChI=1S/C15H18N2O2/c1-11-9-15(10-12(2)17-11)19-8-7-18-14-5-3-13(16)4-6-14/h3-6,9-10H,7-8,16H2,1-2H3. The number of anilines is 1. The van der Waals surface area contributed by atoms with Crippen molar-refractivity contribution >= 4 is 5.69 Å². The molecule has 100 valence electrons. The minimum atomic E-state index is 0.490. The van der Waals surface area contributed by atoms with Crippen LogP contribution in [0.4, 0.5) is 5.69 Å². The van der Waals surface area contributed by atoms with E-state index >= 15 is 0 Å². The molecule has 1 heterocycles. The molecule has 0 fully saturated rings. The molecule has 2 rings (SSSR count). The summed E-state index contributed by atoms with van der Waals surface area (Å²) in [5, 5.41) is 0. The van der Waals surface area contributed by atoms with Crippen LogP contribution in [0, 0.1) is 13.8 Å². The van der Waals surface area contributed by atoms with Gasteiger partial charge in [0, 0.05) is 29.2 Å². The lowest BCUT2D eigenvalue weighted by atomic mass is 10.3.